The fourth-order valence-electron chi connectivity index (χ4n) is 4.43. The number of sulfonamides is 1. The summed E-state index contributed by atoms with van der Waals surface area (Å²) in [6, 6.07) is 7.07. The molecule has 3 heterocycles. The molecular formula is C25H43N11O2S. The molecule has 2 aliphatic heterocycles. The predicted octanol–water partition coefficient (Wildman–Crippen LogP) is 2.08. The van der Waals surface area contributed by atoms with Crippen LogP contribution in [-0.4, -0.2) is 114 Å². The number of anilines is 5. The lowest BCUT2D eigenvalue weighted by Crippen LogP contribution is -2.48. The molecule has 39 heavy (non-hydrogen) atoms. The first kappa shape index (κ1) is 29.2. The van der Waals surface area contributed by atoms with Crippen LogP contribution in [0.2, 0.25) is 0 Å². The molecule has 0 amide bonds. The summed E-state index contributed by atoms with van der Waals surface area (Å²) in [5, 5.41) is 7.46. The largest absolute Gasteiger partial charge is 0.324 e. The molecular weight excluding hydrogens is 518 g/mol. The molecule has 2 fully saturated rings. The lowest BCUT2D eigenvalue weighted by molar-refractivity contribution is 0.176. The number of hydrogen-bond donors (Lipinski definition) is 4. The van der Waals surface area contributed by atoms with Gasteiger partial charge in [0.1, 0.15) is 0 Å². The zero-order valence-corrected chi connectivity index (χ0v) is 24.6. The topological polar surface area (TPSA) is 134 Å². The van der Waals surface area contributed by atoms with Gasteiger partial charge in [-0.3, -0.25) is 15.6 Å². The summed E-state index contributed by atoms with van der Waals surface area (Å²) in [6.45, 7) is 12.8. The molecule has 14 heteroatoms. The van der Waals surface area contributed by atoms with E-state index < -0.39 is 14.8 Å². The van der Waals surface area contributed by atoms with Gasteiger partial charge >= 0.3 is 0 Å². The van der Waals surface area contributed by atoms with Crippen molar-refractivity contribution in [3.63, 3.8) is 0 Å². The van der Waals surface area contributed by atoms with Gasteiger partial charge in [0.05, 0.1) is 4.75 Å². The summed E-state index contributed by atoms with van der Waals surface area (Å²) in [5.41, 5.74) is 7.90. The average Bonchev–Trinajstić information content (AvgIpc) is 2.88. The van der Waals surface area contributed by atoms with Gasteiger partial charge in [0.25, 0.3) is 0 Å². The van der Waals surface area contributed by atoms with Crippen LogP contribution in [0.25, 0.3) is 0 Å². The molecule has 0 saturated carbocycles. The average molecular weight is 562 g/mol. The molecule has 0 aliphatic carbocycles. The van der Waals surface area contributed by atoms with E-state index in [-0.39, 0.29) is 0 Å². The second kappa shape index (κ2) is 12.6. The molecule has 4 rings (SSSR count). The van der Waals surface area contributed by atoms with Crippen molar-refractivity contribution in [3.05, 3.63) is 24.3 Å². The van der Waals surface area contributed by atoms with Crippen molar-refractivity contribution in [1.82, 2.24) is 34.8 Å². The third kappa shape index (κ3) is 8.11. The number of benzene rings is 1. The lowest BCUT2D eigenvalue weighted by Gasteiger charge is -2.33. The zero-order valence-electron chi connectivity index (χ0n) is 23.7. The number of aromatic nitrogens is 3. The Bertz CT molecular complexity index is 1130. The summed E-state index contributed by atoms with van der Waals surface area (Å²) < 4.78 is 27.5. The Balaban J connectivity index is 1.48. The molecule has 1 aromatic heterocycles. The van der Waals surface area contributed by atoms with Gasteiger partial charge in [0, 0.05) is 63.7 Å². The minimum atomic E-state index is -3.53. The fourth-order valence-corrected chi connectivity index (χ4v) is 5.63. The molecule has 4 N–H and O–H groups in total. The minimum absolute atomic E-state index is 0.385. The summed E-state index contributed by atoms with van der Waals surface area (Å²) in [6.07, 6.45) is 1.37. The van der Waals surface area contributed by atoms with E-state index in [0.29, 0.717) is 30.0 Å². The maximum absolute atomic E-state index is 12.8. The molecule has 13 nitrogen and oxygen atoms in total. The molecule has 2 aliphatic rings. The van der Waals surface area contributed by atoms with Gasteiger partial charge in [-0.25, -0.2) is 18.4 Å². The van der Waals surface area contributed by atoms with Crippen LogP contribution in [0.15, 0.2) is 24.3 Å². The number of hydrazine groups is 2. The number of piperazine rings is 2. The molecule has 0 unspecified atom stereocenters. The van der Waals surface area contributed by atoms with E-state index in [0.717, 1.165) is 64.5 Å². The maximum Gasteiger partial charge on any atom is 0.244 e. The van der Waals surface area contributed by atoms with Gasteiger partial charge < -0.3 is 15.1 Å². The van der Waals surface area contributed by atoms with Gasteiger partial charge in [-0.05, 0) is 58.6 Å². The molecule has 0 radical (unpaired) electrons. The van der Waals surface area contributed by atoms with E-state index in [1.807, 2.05) is 6.92 Å². The Labute approximate surface area is 232 Å². The molecule has 1 aromatic carbocycles. The van der Waals surface area contributed by atoms with Crippen LogP contribution >= 0.6 is 0 Å². The van der Waals surface area contributed by atoms with Crippen molar-refractivity contribution in [2.45, 2.75) is 38.4 Å². The van der Waals surface area contributed by atoms with Gasteiger partial charge in [0.2, 0.25) is 27.9 Å². The zero-order chi connectivity index (χ0) is 28.0. The van der Waals surface area contributed by atoms with E-state index in [4.69, 9.17) is 0 Å². The molecule has 0 bridgehead atoms. The number of likely N-dealkylation sites (N-methyl/N-ethyl adjacent to an activating group) is 2. The van der Waals surface area contributed by atoms with Gasteiger partial charge in [0.15, 0.2) is 0 Å². The smallest absolute Gasteiger partial charge is 0.244 e. The minimum Gasteiger partial charge on any atom is -0.324 e. The van der Waals surface area contributed by atoms with Crippen LogP contribution in [0.5, 0.6) is 0 Å². The fraction of sp³-hybridized carbons (Fsp3) is 0.640. The van der Waals surface area contributed by atoms with E-state index in [9.17, 15) is 8.42 Å². The Kier molecular flexibility index (Phi) is 9.43. The Morgan fingerprint density at radius 2 is 1.18 bits per heavy atom. The number of nitrogens with one attached hydrogen (secondary N) is 4. The van der Waals surface area contributed by atoms with Crippen molar-refractivity contribution in [2.24, 2.45) is 0 Å². The third-order valence-electron chi connectivity index (χ3n) is 7.13. The van der Waals surface area contributed by atoms with Crippen molar-refractivity contribution >= 4 is 39.2 Å². The van der Waals surface area contributed by atoms with Crippen LogP contribution < -0.4 is 20.9 Å². The van der Waals surface area contributed by atoms with Crippen LogP contribution in [0.4, 0.5) is 29.2 Å². The summed E-state index contributed by atoms with van der Waals surface area (Å²) in [4.78, 5) is 18.4. The highest BCUT2D eigenvalue weighted by Crippen LogP contribution is 2.26. The molecule has 2 saturated heterocycles. The number of rotatable bonds is 11. The van der Waals surface area contributed by atoms with Gasteiger partial charge in [-0.2, -0.15) is 15.0 Å². The number of nitrogens with zero attached hydrogens (tertiary/aromatic N) is 7. The maximum atomic E-state index is 12.8. The first-order valence-electron chi connectivity index (χ1n) is 13.6. The first-order chi connectivity index (χ1) is 18.5. The third-order valence-corrected chi connectivity index (χ3v) is 9.29. The predicted molar refractivity (Wildman–Crippen MR) is 156 cm³/mol. The standard InChI is InChI=1S/C25H43N11O2S/c1-6-11-25(2,3)39(37,38)32-21-9-7-20(8-10-21)26-22-27-23(30-35-16-12-33(4)13-17-35)29-24(28-22)31-36-18-14-34(5)15-19-36/h7-10,32H,6,11-19H2,1-5H3,(H3,26,27,28,29,30,31). The summed E-state index contributed by atoms with van der Waals surface area (Å²) >= 11 is 0. The van der Waals surface area contributed by atoms with Crippen molar-refractivity contribution in [1.29, 1.82) is 0 Å². The highest BCUT2D eigenvalue weighted by atomic mass is 32.2. The summed E-state index contributed by atoms with van der Waals surface area (Å²) in [7, 11) is 0.699. The Morgan fingerprint density at radius 1 is 0.744 bits per heavy atom. The molecule has 0 spiro atoms. The second-order valence-electron chi connectivity index (χ2n) is 10.9. The van der Waals surface area contributed by atoms with E-state index >= 15 is 0 Å². The highest BCUT2D eigenvalue weighted by molar-refractivity contribution is 7.94. The van der Waals surface area contributed by atoms with E-state index in [2.05, 4.69) is 69.8 Å². The van der Waals surface area contributed by atoms with Crippen molar-refractivity contribution < 1.29 is 8.42 Å². The monoisotopic (exact) mass is 561 g/mol. The number of hydrogen-bond acceptors (Lipinski definition) is 12. The molecule has 2 aromatic rings. The molecule has 0 atom stereocenters. The first-order valence-corrected chi connectivity index (χ1v) is 15.1. The normalized spacial score (nSPS) is 18.6. The quantitative estimate of drug-likeness (QED) is 0.320. The van der Waals surface area contributed by atoms with Gasteiger partial charge in [-0.15, -0.1) is 0 Å². The van der Waals surface area contributed by atoms with Crippen LogP contribution in [0, 0.1) is 0 Å². The Morgan fingerprint density at radius 3 is 1.64 bits per heavy atom. The van der Waals surface area contributed by atoms with Crippen LogP contribution in [0.3, 0.4) is 0 Å². The van der Waals surface area contributed by atoms with Crippen molar-refractivity contribution in [2.75, 3.05) is 87.3 Å². The second-order valence-corrected chi connectivity index (χ2v) is 13.2. The van der Waals surface area contributed by atoms with E-state index in [1.165, 1.54) is 0 Å². The lowest BCUT2D eigenvalue weighted by atomic mass is 10.1. The summed E-state index contributed by atoms with van der Waals surface area (Å²) in [5.74, 6) is 1.29. The SMILES string of the molecule is CCCC(C)(C)S(=O)(=O)Nc1ccc(Nc2nc(NN3CCN(C)CC3)nc(NN3CCN(C)CC3)n2)cc1. The molecule has 216 valence electrons. The highest BCUT2D eigenvalue weighted by Gasteiger charge is 2.33. The van der Waals surface area contributed by atoms with Crippen molar-refractivity contribution in [3.8, 4) is 0 Å². The van der Waals surface area contributed by atoms with Crippen LogP contribution in [0.1, 0.15) is 33.6 Å². The Hall–Kier alpha value is -2.78. The van der Waals surface area contributed by atoms with E-state index in [1.54, 1.807) is 38.1 Å². The van der Waals surface area contributed by atoms with Crippen LogP contribution in [-0.2, 0) is 10.0 Å². The van der Waals surface area contributed by atoms with Gasteiger partial charge in [-0.1, -0.05) is 13.3 Å².